The largest absolute Gasteiger partial charge is 0.243 e. The number of sulfonamides is 1. The molecule has 0 unspecified atom stereocenters. The average Bonchev–Trinajstić information content (AvgIpc) is 2.47. The Morgan fingerprint density at radius 3 is 2.40 bits per heavy atom. The zero-order valence-corrected chi connectivity index (χ0v) is 12.6. The quantitative estimate of drug-likeness (QED) is 0.799. The van der Waals surface area contributed by atoms with Crippen LogP contribution in [0.25, 0.3) is 10.8 Å². The Hall–Kier alpha value is -1.10. The van der Waals surface area contributed by atoms with Gasteiger partial charge >= 0.3 is 0 Å². The molecule has 1 aliphatic rings. The van der Waals surface area contributed by atoms with E-state index in [0.29, 0.717) is 30.8 Å². The van der Waals surface area contributed by atoms with Gasteiger partial charge < -0.3 is 0 Å². The van der Waals surface area contributed by atoms with Crippen molar-refractivity contribution in [3.63, 3.8) is 0 Å². The highest BCUT2D eigenvalue weighted by Crippen LogP contribution is 2.28. The topological polar surface area (TPSA) is 37.4 Å². The van der Waals surface area contributed by atoms with Crippen molar-refractivity contribution in [2.24, 2.45) is 0 Å². The van der Waals surface area contributed by atoms with E-state index in [1.807, 2.05) is 30.3 Å². The van der Waals surface area contributed by atoms with Gasteiger partial charge in [0.25, 0.3) is 0 Å². The first-order valence-corrected chi connectivity index (χ1v) is 8.59. The van der Waals surface area contributed by atoms with E-state index < -0.39 is 10.0 Å². The molecule has 0 amide bonds. The number of fused-ring (bicyclic) bond motifs is 1. The summed E-state index contributed by atoms with van der Waals surface area (Å²) < 4.78 is 27.1. The molecule has 0 atom stereocenters. The van der Waals surface area contributed by atoms with Crippen LogP contribution < -0.4 is 0 Å². The Labute approximate surface area is 124 Å². The fourth-order valence-corrected chi connectivity index (χ4v) is 4.50. The molecular formula is C15H16ClNO2S. The van der Waals surface area contributed by atoms with Gasteiger partial charge in [-0.2, -0.15) is 4.31 Å². The fraction of sp³-hybridized carbons (Fsp3) is 0.333. The highest BCUT2D eigenvalue weighted by Gasteiger charge is 2.29. The zero-order chi connectivity index (χ0) is 14.2. The first-order chi connectivity index (χ1) is 9.59. The Kier molecular flexibility index (Phi) is 3.71. The third kappa shape index (κ3) is 2.43. The van der Waals surface area contributed by atoms with E-state index in [-0.39, 0.29) is 5.38 Å². The number of nitrogens with zero attached hydrogens (tertiary/aromatic N) is 1. The van der Waals surface area contributed by atoms with Crippen molar-refractivity contribution in [3.05, 3.63) is 42.5 Å². The summed E-state index contributed by atoms with van der Waals surface area (Å²) in [6.07, 6.45) is 1.43. The van der Waals surface area contributed by atoms with Crippen LogP contribution in [0.5, 0.6) is 0 Å². The number of piperidine rings is 1. The summed E-state index contributed by atoms with van der Waals surface area (Å²) in [5.41, 5.74) is 0. The maximum atomic E-state index is 12.8. The minimum absolute atomic E-state index is 0.0916. The third-order valence-corrected chi connectivity index (χ3v) is 6.14. The molecule has 1 aliphatic heterocycles. The second-order valence-electron chi connectivity index (χ2n) is 5.06. The second kappa shape index (κ2) is 5.35. The number of halogens is 1. The van der Waals surface area contributed by atoms with Gasteiger partial charge in [-0.05, 0) is 24.3 Å². The Balaban J connectivity index is 2.05. The molecule has 1 fully saturated rings. The first kappa shape index (κ1) is 13.9. The van der Waals surface area contributed by atoms with Gasteiger partial charge in [0.1, 0.15) is 0 Å². The molecule has 0 N–H and O–H groups in total. The van der Waals surface area contributed by atoms with Gasteiger partial charge in [0.15, 0.2) is 0 Å². The number of hydrogen-bond donors (Lipinski definition) is 0. The van der Waals surface area contributed by atoms with E-state index in [9.17, 15) is 8.42 Å². The molecule has 1 heterocycles. The Morgan fingerprint density at radius 1 is 1.00 bits per heavy atom. The monoisotopic (exact) mass is 309 g/mol. The van der Waals surface area contributed by atoms with Crippen LogP contribution in [0.2, 0.25) is 0 Å². The molecule has 0 aliphatic carbocycles. The smallest absolute Gasteiger partial charge is 0.207 e. The molecule has 0 aromatic heterocycles. The standard InChI is InChI=1S/C15H16ClNO2S/c16-13-8-10-17(11-9-13)20(18,19)15-7-3-5-12-4-1-2-6-14(12)15/h1-7,13H,8-11H2. The van der Waals surface area contributed by atoms with Gasteiger partial charge in [-0.25, -0.2) is 8.42 Å². The lowest BCUT2D eigenvalue weighted by atomic mass is 10.1. The normalized spacial score (nSPS) is 18.4. The highest BCUT2D eigenvalue weighted by atomic mass is 35.5. The average molecular weight is 310 g/mol. The molecule has 0 spiro atoms. The Bertz CT molecular complexity index is 716. The van der Waals surface area contributed by atoms with E-state index in [4.69, 9.17) is 11.6 Å². The minimum atomic E-state index is -3.44. The van der Waals surface area contributed by atoms with Crippen LogP contribution in [0.1, 0.15) is 12.8 Å². The molecule has 0 radical (unpaired) electrons. The predicted molar refractivity (Wildman–Crippen MR) is 81.6 cm³/mol. The van der Waals surface area contributed by atoms with Crippen LogP contribution in [-0.4, -0.2) is 31.2 Å². The summed E-state index contributed by atoms with van der Waals surface area (Å²) >= 11 is 6.05. The van der Waals surface area contributed by atoms with Crippen LogP contribution in [-0.2, 0) is 10.0 Å². The van der Waals surface area contributed by atoms with Crippen molar-refractivity contribution >= 4 is 32.4 Å². The predicted octanol–water partition coefficient (Wildman–Crippen LogP) is 3.23. The van der Waals surface area contributed by atoms with E-state index >= 15 is 0 Å². The van der Waals surface area contributed by atoms with Crippen molar-refractivity contribution < 1.29 is 8.42 Å². The minimum Gasteiger partial charge on any atom is -0.207 e. The maximum absolute atomic E-state index is 12.8. The molecule has 106 valence electrons. The molecule has 5 heteroatoms. The lowest BCUT2D eigenvalue weighted by molar-refractivity contribution is 0.350. The highest BCUT2D eigenvalue weighted by molar-refractivity contribution is 7.89. The number of rotatable bonds is 2. The van der Waals surface area contributed by atoms with Crippen LogP contribution in [0.15, 0.2) is 47.4 Å². The van der Waals surface area contributed by atoms with E-state index in [1.165, 1.54) is 0 Å². The van der Waals surface area contributed by atoms with Gasteiger partial charge in [-0.3, -0.25) is 0 Å². The van der Waals surface area contributed by atoms with Gasteiger partial charge in [-0.1, -0.05) is 36.4 Å². The molecule has 1 saturated heterocycles. The number of benzene rings is 2. The van der Waals surface area contributed by atoms with Gasteiger partial charge in [0, 0.05) is 23.9 Å². The van der Waals surface area contributed by atoms with Crippen molar-refractivity contribution in [3.8, 4) is 0 Å². The molecule has 0 bridgehead atoms. The first-order valence-electron chi connectivity index (χ1n) is 6.71. The van der Waals surface area contributed by atoms with Crippen molar-refractivity contribution in [1.82, 2.24) is 4.31 Å². The van der Waals surface area contributed by atoms with Crippen LogP contribution in [0.4, 0.5) is 0 Å². The van der Waals surface area contributed by atoms with Crippen molar-refractivity contribution in [2.45, 2.75) is 23.1 Å². The van der Waals surface area contributed by atoms with Gasteiger partial charge in [-0.15, -0.1) is 11.6 Å². The Morgan fingerprint density at radius 2 is 1.65 bits per heavy atom. The summed E-state index contributed by atoms with van der Waals surface area (Å²) in [6, 6.07) is 13.0. The number of hydrogen-bond acceptors (Lipinski definition) is 2. The molecule has 3 nitrogen and oxygen atoms in total. The number of alkyl halides is 1. The maximum Gasteiger partial charge on any atom is 0.243 e. The van der Waals surface area contributed by atoms with E-state index in [2.05, 4.69) is 0 Å². The van der Waals surface area contributed by atoms with Crippen LogP contribution in [0.3, 0.4) is 0 Å². The molecular weight excluding hydrogens is 294 g/mol. The van der Waals surface area contributed by atoms with Crippen LogP contribution >= 0.6 is 11.6 Å². The molecule has 20 heavy (non-hydrogen) atoms. The SMILES string of the molecule is O=S(=O)(c1cccc2ccccc12)N1CCC(Cl)CC1. The summed E-state index contributed by atoms with van der Waals surface area (Å²) in [7, 11) is -3.44. The lowest BCUT2D eigenvalue weighted by Gasteiger charge is -2.28. The van der Waals surface area contributed by atoms with Gasteiger partial charge in [0.05, 0.1) is 4.90 Å². The second-order valence-corrected chi connectivity index (χ2v) is 7.58. The fourth-order valence-electron chi connectivity index (χ4n) is 2.62. The summed E-state index contributed by atoms with van der Waals surface area (Å²) in [6.45, 7) is 0.999. The van der Waals surface area contributed by atoms with Crippen molar-refractivity contribution in [1.29, 1.82) is 0 Å². The van der Waals surface area contributed by atoms with Crippen LogP contribution in [0, 0.1) is 0 Å². The summed E-state index contributed by atoms with van der Waals surface area (Å²) in [5.74, 6) is 0. The summed E-state index contributed by atoms with van der Waals surface area (Å²) in [5, 5.41) is 1.82. The van der Waals surface area contributed by atoms with E-state index in [1.54, 1.807) is 16.4 Å². The third-order valence-electron chi connectivity index (χ3n) is 3.75. The molecule has 0 saturated carbocycles. The molecule has 2 aromatic rings. The molecule has 2 aromatic carbocycles. The van der Waals surface area contributed by atoms with E-state index in [0.717, 1.165) is 10.8 Å². The summed E-state index contributed by atoms with van der Waals surface area (Å²) in [4.78, 5) is 0.392. The van der Waals surface area contributed by atoms with Gasteiger partial charge in [0.2, 0.25) is 10.0 Å². The molecule has 3 rings (SSSR count). The van der Waals surface area contributed by atoms with Crippen molar-refractivity contribution in [2.75, 3.05) is 13.1 Å². The lowest BCUT2D eigenvalue weighted by Crippen LogP contribution is -2.38. The zero-order valence-electron chi connectivity index (χ0n) is 11.0.